The number of aryl methyl sites for hydroxylation is 1. The van der Waals surface area contributed by atoms with Crippen molar-refractivity contribution in [2.75, 3.05) is 11.9 Å². The highest BCUT2D eigenvalue weighted by molar-refractivity contribution is 7.15. The molecule has 1 N–H and O–H groups in total. The predicted octanol–water partition coefficient (Wildman–Crippen LogP) is 2.85. The zero-order valence-corrected chi connectivity index (χ0v) is 14.5. The molecule has 0 spiro atoms. The number of anilines is 1. The van der Waals surface area contributed by atoms with E-state index in [0.717, 1.165) is 24.1 Å². The lowest BCUT2D eigenvalue weighted by Crippen LogP contribution is -2.26. The highest BCUT2D eigenvalue weighted by Gasteiger charge is 2.23. The summed E-state index contributed by atoms with van der Waals surface area (Å²) in [4.78, 5) is 29.6. The molecule has 0 bridgehead atoms. The Balaban J connectivity index is 1.68. The quantitative estimate of drug-likeness (QED) is 0.784. The summed E-state index contributed by atoms with van der Waals surface area (Å²) in [5, 5.41) is 4.80. The highest BCUT2D eigenvalue weighted by Crippen LogP contribution is 2.26. The first-order valence-electron chi connectivity index (χ1n) is 8.12. The second kappa shape index (κ2) is 6.42. The van der Waals surface area contributed by atoms with Gasteiger partial charge >= 0.3 is 0 Å². The highest BCUT2D eigenvalue weighted by atomic mass is 32.1. The molecule has 25 heavy (non-hydrogen) atoms. The zero-order valence-electron chi connectivity index (χ0n) is 13.7. The Labute approximate surface area is 148 Å². The Morgan fingerprint density at radius 1 is 1.40 bits per heavy atom. The van der Waals surface area contributed by atoms with Gasteiger partial charge < -0.3 is 10.1 Å². The van der Waals surface area contributed by atoms with E-state index < -0.39 is 0 Å². The molecule has 2 aromatic heterocycles. The van der Waals surface area contributed by atoms with Crippen LogP contribution in [0.5, 0.6) is 0 Å². The maximum absolute atomic E-state index is 12.3. The first-order chi connectivity index (χ1) is 12.1. The average Bonchev–Trinajstić information content (AvgIpc) is 3.24. The number of carbonyl (C=O) groups is 1. The number of amides is 1. The fourth-order valence-electron chi connectivity index (χ4n) is 2.99. The molecule has 1 aromatic carbocycles. The lowest BCUT2D eigenvalue weighted by Gasteiger charge is -2.11. The van der Waals surface area contributed by atoms with Crippen LogP contribution in [-0.4, -0.2) is 28.0 Å². The van der Waals surface area contributed by atoms with Crippen LogP contribution >= 0.6 is 11.3 Å². The summed E-state index contributed by atoms with van der Waals surface area (Å²) in [6, 6.07) is 8.98. The molecule has 3 heterocycles. The first kappa shape index (κ1) is 16.0. The van der Waals surface area contributed by atoms with Gasteiger partial charge in [-0.1, -0.05) is 12.1 Å². The van der Waals surface area contributed by atoms with Crippen LogP contribution in [-0.2, 0) is 9.53 Å². The molecule has 3 aromatic rings. The number of benzene rings is 1. The summed E-state index contributed by atoms with van der Waals surface area (Å²) in [5.41, 5.74) is 2.91. The van der Waals surface area contributed by atoms with E-state index in [0.29, 0.717) is 22.9 Å². The van der Waals surface area contributed by atoms with Crippen LogP contribution < -0.4 is 10.9 Å². The van der Waals surface area contributed by atoms with Crippen LogP contribution in [0, 0.1) is 6.92 Å². The molecule has 0 unspecified atom stereocenters. The SMILES string of the molecule is Cc1cc(=O)n2c(-c3cccc(NC(=O)[C@H]4CCCO4)c3)csc2n1. The van der Waals surface area contributed by atoms with Crippen molar-refractivity contribution in [2.24, 2.45) is 0 Å². The van der Waals surface area contributed by atoms with E-state index in [1.165, 1.54) is 17.4 Å². The third-order valence-electron chi connectivity index (χ3n) is 4.18. The average molecular weight is 355 g/mol. The molecule has 1 fully saturated rings. The van der Waals surface area contributed by atoms with Crippen molar-refractivity contribution in [1.29, 1.82) is 0 Å². The number of carbonyl (C=O) groups excluding carboxylic acids is 1. The molecule has 128 valence electrons. The largest absolute Gasteiger partial charge is 0.368 e. The van der Waals surface area contributed by atoms with Gasteiger partial charge in [-0.2, -0.15) is 0 Å². The Morgan fingerprint density at radius 3 is 3.08 bits per heavy atom. The summed E-state index contributed by atoms with van der Waals surface area (Å²) in [7, 11) is 0. The molecular formula is C18H17N3O3S. The van der Waals surface area contributed by atoms with E-state index >= 15 is 0 Å². The van der Waals surface area contributed by atoms with Crippen LogP contribution in [0.25, 0.3) is 16.2 Å². The van der Waals surface area contributed by atoms with Crippen molar-refractivity contribution in [2.45, 2.75) is 25.9 Å². The van der Waals surface area contributed by atoms with Gasteiger partial charge in [-0.05, 0) is 31.9 Å². The number of nitrogens with zero attached hydrogens (tertiary/aromatic N) is 2. The standard InChI is InChI=1S/C18H17N3O3S/c1-11-8-16(22)21-14(10-25-18(21)19-11)12-4-2-5-13(9-12)20-17(23)15-6-3-7-24-15/h2,4-5,8-10,15H,3,6-7H2,1H3,(H,20,23)/t15-/m1/s1. The number of rotatable bonds is 3. The molecule has 1 atom stereocenters. The second-order valence-electron chi connectivity index (χ2n) is 6.05. The van der Waals surface area contributed by atoms with Crippen LogP contribution in [0.3, 0.4) is 0 Å². The van der Waals surface area contributed by atoms with Gasteiger partial charge in [0.1, 0.15) is 6.10 Å². The molecule has 4 rings (SSSR count). The number of nitrogens with one attached hydrogen (secondary N) is 1. The number of fused-ring (bicyclic) bond motifs is 1. The van der Waals surface area contributed by atoms with Crippen LogP contribution in [0.1, 0.15) is 18.5 Å². The van der Waals surface area contributed by atoms with Crippen LogP contribution in [0.4, 0.5) is 5.69 Å². The normalized spacial score (nSPS) is 17.1. The first-order valence-corrected chi connectivity index (χ1v) is 9.00. The summed E-state index contributed by atoms with van der Waals surface area (Å²) >= 11 is 1.42. The molecule has 1 aliphatic rings. The summed E-state index contributed by atoms with van der Waals surface area (Å²) < 4.78 is 7.01. The van der Waals surface area contributed by atoms with Crippen LogP contribution in [0.15, 0.2) is 40.5 Å². The number of hydrogen-bond acceptors (Lipinski definition) is 5. The Morgan fingerprint density at radius 2 is 2.28 bits per heavy atom. The number of hydrogen-bond donors (Lipinski definition) is 1. The molecule has 6 nitrogen and oxygen atoms in total. The predicted molar refractivity (Wildman–Crippen MR) is 97.1 cm³/mol. The Kier molecular flexibility index (Phi) is 4.10. The fourth-order valence-corrected chi connectivity index (χ4v) is 3.94. The third-order valence-corrected chi connectivity index (χ3v) is 5.01. The lowest BCUT2D eigenvalue weighted by atomic mass is 10.1. The van der Waals surface area contributed by atoms with Crippen LogP contribution in [0.2, 0.25) is 0 Å². The van der Waals surface area contributed by atoms with E-state index in [1.54, 1.807) is 4.40 Å². The number of ether oxygens (including phenoxy) is 1. The van der Waals surface area contributed by atoms with Gasteiger partial charge in [-0.3, -0.25) is 14.0 Å². The monoisotopic (exact) mass is 355 g/mol. The maximum atomic E-state index is 12.3. The van der Waals surface area contributed by atoms with Crippen molar-refractivity contribution in [1.82, 2.24) is 9.38 Å². The smallest absolute Gasteiger partial charge is 0.259 e. The molecule has 1 amide bonds. The van der Waals surface area contributed by atoms with Crippen molar-refractivity contribution in [3.05, 3.63) is 51.8 Å². The summed E-state index contributed by atoms with van der Waals surface area (Å²) in [5.74, 6) is -0.126. The molecule has 1 saturated heterocycles. The second-order valence-corrected chi connectivity index (χ2v) is 6.88. The van der Waals surface area contributed by atoms with E-state index in [-0.39, 0.29) is 17.6 Å². The molecule has 0 radical (unpaired) electrons. The number of aromatic nitrogens is 2. The molecule has 0 saturated carbocycles. The van der Waals surface area contributed by atoms with Gasteiger partial charge in [-0.25, -0.2) is 4.98 Å². The van der Waals surface area contributed by atoms with E-state index in [1.807, 2.05) is 36.6 Å². The molecule has 0 aliphatic carbocycles. The van der Waals surface area contributed by atoms with E-state index in [9.17, 15) is 9.59 Å². The third kappa shape index (κ3) is 3.08. The van der Waals surface area contributed by atoms with Crippen molar-refractivity contribution >= 4 is 27.9 Å². The zero-order chi connectivity index (χ0) is 17.4. The minimum absolute atomic E-state index is 0.104. The molecular weight excluding hydrogens is 338 g/mol. The topological polar surface area (TPSA) is 72.7 Å². The van der Waals surface area contributed by atoms with E-state index in [2.05, 4.69) is 10.3 Å². The van der Waals surface area contributed by atoms with Crippen molar-refractivity contribution < 1.29 is 9.53 Å². The lowest BCUT2D eigenvalue weighted by molar-refractivity contribution is -0.124. The minimum Gasteiger partial charge on any atom is -0.368 e. The maximum Gasteiger partial charge on any atom is 0.259 e. The van der Waals surface area contributed by atoms with Gasteiger partial charge in [-0.15, -0.1) is 11.3 Å². The van der Waals surface area contributed by atoms with Gasteiger partial charge in [0.15, 0.2) is 4.96 Å². The molecule has 7 heteroatoms. The van der Waals surface area contributed by atoms with Crippen molar-refractivity contribution in [3.63, 3.8) is 0 Å². The Hall–Kier alpha value is -2.51. The fraction of sp³-hybridized carbons (Fsp3) is 0.278. The molecule has 1 aliphatic heterocycles. The van der Waals surface area contributed by atoms with Crippen molar-refractivity contribution in [3.8, 4) is 11.3 Å². The van der Waals surface area contributed by atoms with E-state index in [4.69, 9.17) is 4.74 Å². The summed E-state index contributed by atoms with van der Waals surface area (Å²) in [6.45, 7) is 2.44. The van der Waals surface area contributed by atoms with Gasteiger partial charge in [0.05, 0.1) is 5.69 Å². The summed E-state index contributed by atoms with van der Waals surface area (Å²) in [6.07, 6.45) is 1.29. The van der Waals surface area contributed by atoms with Gasteiger partial charge in [0, 0.05) is 35.0 Å². The number of thiazole rings is 1. The Bertz CT molecular complexity index is 1000. The minimum atomic E-state index is -0.375. The van der Waals surface area contributed by atoms with Gasteiger partial charge in [0.2, 0.25) is 0 Å². The van der Waals surface area contributed by atoms with Gasteiger partial charge in [0.25, 0.3) is 11.5 Å².